The van der Waals surface area contributed by atoms with Crippen LogP contribution in [0.2, 0.25) is 5.02 Å². The fourth-order valence-corrected chi connectivity index (χ4v) is 2.93. The molecule has 1 aliphatic carbocycles. The van der Waals surface area contributed by atoms with Crippen molar-refractivity contribution in [3.63, 3.8) is 0 Å². The van der Waals surface area contributed by atoms with Crippen LogP contribution in [0.1, 0.15) is 18.4 Å². The van der Waals surface area contributed by atoms with Crippen LogP contribution in [-0.4, -0.2) is 11.0 Å². The number of halogens is 1. The van der Waals surface area contributed by atoms with Gasteiger partial charge in [0.25, 0.3) is 0 Å². The fourth-order valence-electron chi connectivity index (χ4n) is 1.85. The van der Waals surface area contributed by atoms with Crippen LogP contribution in [0.3, 0.4) is 0 Å². The molecule has 0 radical (unpaired) electrons. The van der Waals surface area contributed by atoms with Gasteiger partial charge in [0.2, 0.25) is 0 Å². The summed E-state index contributed by atoms with van der Waals surface area (Å²) < 4.78 is 0. The van der Waals surface area contributed by atoms with E-state index in [0.717, 1.165) is 16.6 Å². The molecule has 0 spiro atoms. The third-order valence-corrected chi connectivity index (χ3v) is 4.34. The number of pyridine rings is 1. The van der Waals surface area contributed by atoms with Crippen LogP contribution in [0, 0.1) is 0 Å². The van der Waals surface area contributed by atoms with E-state index in [0.29, 0.717) is 6.04 Å². The van der Waals surface area contributed by atoms with Crippen LogP contribution >= 0.6 is 23.4 Å². The Hall–Kier alpha value is -1.03. The summed E-state index contributed by atoms with van der Waals surface area (Å²) >= 11 is 7.78. The molecular formula is C15H15ClN2S. The average Bonchev–Trinajstić information content (AvgIpc) is 3.24. The minimum absolute atomic E-state index is 0.701. The van der Waals surface area contributed by atoms with E-state index >= 15 is 0 Å². The van der Waals surface area contributed by atoms with Gasteiger partial charge in [0.05, 0.1) is 0 Å². The molecule has 0 amide bonds. The largest absolute Gasteiger partial charge is 0.310 e. The van der Waals surface area contributed by atoms with Gasteiger partial charge in [-0.05, 0) is 48.7 Å². The molecule has 0 unspecified atom stereocenters. The number of rotatable bonds is 5. The molecule has 1 aromatic heterocycles. The summed E-state index contributed by atoms with van der Waals surface area (Å²) in [5, 5.41) is 5.34. The molecule has 3 rings (SSSR count). The second-order valence-corrected chi connectivity index (χ2v) is 6.18. The van der Waals surface area contributed by atoms with E-state index in [1.54, 1.807) is 11.8 Å². The Morgan fingerprint density at radius 2 is 2.16 bits per heavy atom. The van der Waals surface area contributed by atoms with Gasteiger partial charge in [-0.1, -0.05) is 29.4 Å². The molecule has 1 saturated carbocycles. The van der Waals surface area contributed by atoms with Gasteiger partial charge in [-0.3, -0.25) is 0 Å². The maximum atomic E-state index is 6.10. The topological polar surface area (TPSA) is 24.9 Å². The van der Waals surface area contributed by atoms with E-state index in [-0.39, 0.29) is 0 Å². The van der Waals surface area contributed by atoms with Crippen molar-refractivity contribution < 1.29 is 0 Å². The van der Waals surface area contributed by atoms with Gasteiger partial charge in [0, 0.05) is 28.7 Å². The lowest BCUT2D eigenvalue weighted by Crippen LogP contribution is -2.15. The summed E-state index contributed by atoms with van der Waals surface area (Å²) in [6.07, 6.45) is 4.41. The summed E-state index contributed by atoms with van der Waals surface area (Å²) in [6, 6.07) is 12.7. The molecule has 2 aromatic rings. The lowest BCUT2D eigenvalue weighted by molar-refractivity contribution is 0.680. The van der Waals surface area contributed by atoms with Crippen molar-refractivity contribution in [2.75, 3.05) is 0 Å². The molecule has 2 nitrogen and oxygen atoms in total. The Bertz CT molecular complexity index is 555. The van der Waals surface area contributed by atoms with Gasteiger partial charge < -0.3 is 5.32 Å². The molecule has 0 atom stereocenters. The smallest absolute Gasteiger partial charge is 0.101 e. The van der Waals surface area contributed by atoms with Gasteiger partial charge in [0.15, 0.2) is 0 Å². The van der Waals surface area contributed by atoms with Gasteiger partial charge in [-0.15, -0.1) is 0 Å². The van der Waals surface area contributed by atoms with Crippen LogP contribution in [-0.2, 0) is 6.54 Å². The molecule has 1 fully saturated rings. The third kappa shape index (κ3) is 3.72. The second kappa shape index (κ2) is 5.95. The summed E-state index contributed by atoms with van der Waals surface area (Å²) in [5.74, 6) is 0. The molecule has 4 heteroatoms. The van der Waals surface area contributed by atoms with Crippen LogP contribution in [0.25, 0.3) is 0 Å². The van der Waals surface area contributed by atoms with E-state index < -0.39 is 0 Å². The SMILES string of the molecule is Clc1ccc(Sc2ccccn2)c(CNC2CC2)c1. The number of hydrogen-bond acceptors (Lipinski definition) is 3. The van der Waals surface area contributed by atoms with Crippen molar-refractivity contribution >= 4 is 23.4 Å². The zero-order valence-electron chi connectivity index (χ0n) is 10.5. The Morgan fingerprint density at radius 3 is 2.89 bits per heavy atom. The Morgan fingerprint density at radius 1 is 1.26 bits per heavy atom. The predicted octanol–water partition coefficient (Wildman–Crippen LogP) is 4.14. The van der Waals surface area contributed by atoms with E-state index in [4.69, 9.17) is 11.6 Å². The molecule has 0 bridgehead atoms. The maximum Gasteiger partial charge on any atom is 0.101 e. The predicted molar refractivity (Wildman–Crippen MR) is 79.7 cm³/mol. The van der Waals surface area contributed by atoms with Crippen molar-refractivity contribution in [2.45, 2.75) is 35.3 Å². The minimum atomic E-state index is 0.701. The number of benzene rings is 1. The van der Waals surface area contributed by atoms with Gasteiger partial charge in [-0.25, -0.2) is 4.98 Å². The van der Waals surface area contributed by atoms with Crippen LogP contribution < -0.4 is 5.32 Å². The van der Waals surface area contributed by atoms with E-state index in [9.17, 15) is 0 Å². The van der Waals surface area contributed by atoms with Crippen molar-refractivity contribution in [1.29, 1.82) is 0 Å². The fraction of sp³-hybridized carbons (Fsp3) is 0.267. The molecule has 1 aliphatic rings. The molecule has 0 saturated heterocycles. The number of nitrogens with zero attached hydrogens (tertiary/aromatic N) is 1. The highest BCUT2D eigenvalue weighted by atomic mass is 35.5. The zero-order chi connectivity index (χ0) is 13.1. The standard InChI is InChI=1S/C15H15ClN2S/c16-12-4-7-14(19-15-3-1-2-8-17-15)11(9-12)10-18-13-5-6-13/h1-4,7-9,13,18H,5-6,10H2. The first-order valence-corrected chi connectivity index (χ1v) is 7.61. The van der Waals surface area contributed by atoms with Gasteiger partial charge in [0.1, 0.15) is 5.03 Å². The first-order valence-electron chi connectivity index (χ1n) is 6.42. The molecule has 19 heavy (non-hydrogen) atoms. The van der Waals surface area contributed by atoms with Crippen molar-refractivity contribution in [1.82, 2.24) is 10.3 Å². The van der Waals surface area contributed by atoms with Crippen molar-refractivity contribution in [3.05, 3.63) is 53.2 Å². The molecule has 98 valence electrons. The monoisotopic (exact) mass is 290 g/mol. The van der Waals surface area contributed by atoms with E-state index in [2.05, 4.69) is 16.4 Å². The van der Waals surface area contributed by atoms with Crippen molar-refractivity contribution in [2.24, 2.45) is 0 Å². The zero-order valence-corrected chi connectivity index (χ0v) is 12.0. The summed E-state index contributed by atoms with van der Waals surface area (Å²) in [5.41, 5.74) is 1.25. The summed E-state index contributed by atoms with van der Waals surface area (Å²) in [4.78, 5) is 5.57. The normalized spacial score (nSPS) is 14.6. The number of nitrogens with one attached hydrogen (secondary N) is 1. The third-order valence-electron chi connectivity index (χ3n) is 3.03. The summed E-state index contributed by atoms with van der Waals surface area (Å²) in [7, 11) is 0. The minimum Gasteiger partial charge on any atom is -0.310 e. The molecule has 1 N–H and O–H groups in total. The van der Waals surface area contributed by atoms with Crippen LogP contribution in [0.4, 0.5) is 0 Å². The molecule has 0 aliphatic heterocycles. The number of hydrogen-bond donors (Lipinski definition) is 1. The number of aromatic nitrogens is 1. The first-order chi connectivity index (χ1) is 9.31. The van der Waals surface area contributed by atoms with Crippen LogP contribution in [0.15, 0.2) is 52.5 Å². The molecular weight excluding hydrogens is 276 g/mol. The highest BCUT2D eigenvalue weighted by Gasteiger charge is 2.20. The lowest BCUT2D eigenvalue weighted by Gasteiger charge is -2.10. The Kier molecular flexibility index (Phi) is 4.06. The Labute approximate surface area is 122 Å². The first kappa shape index (κ1) is 13.0. The van der Waals surface area contributed by atoms with E-state index in [1.807, 2.05) is 36.5 Å². The van der Waals surface area contributed by atoms with Gasteiger partial charge >= 0.3 is 0 Å². The summed E-state index contributed by atoms with van der Waals surface area (Å²) in [6.45, 7) is 0.875. The highest BCUT2D eigenvalue weighted by molar-refractivity contribution is 7.99. The Balaban J connectivity index is 1.78. The quantitative estimate of drug-likeness (QED) is 0.896. The second-order valence-electron chi connectivity index (χ2n) is 4.68. The molecule has 1 heterocycles. The highest BCUT2D eigenvalue weighted by Crippen LogP contribution is 2.31. The average molecular weight is 291 g/mol. The molecule has 1 aromatic carbocycles. The maximum absolute atomic E-state index is 6.10. The van der Waals surface area contributed by atoms with Crippen LogP contribution in [0.5, 0.6) is 0 Å². The van der Waals surface area contributed by atoms with Crippen molar-refractivity contribution in [3.8, 4) is 0 Å². The van der Waals surface area contributed by atoms with Gasteiger partial charge in [-0.2, -0.15) is 0 Å². The van der Waals surface area contributed by atoms with E-state index in [1.165, 1.54) is 23.3 Å². The lowest BCUT2D eigenvalue weighted by atomic mass is 10.2.